The SMILES string of the molecule is CC(C)C[C@H](NC(=O)c1cnc[nH]c1=O)c1cccnc1. The number of carbonyl (C=O) groups is 1. The van der Waals surface area contributed by atoms with E-state index < -0.39 is 11.5 Å². The van der Waals surface area contributed by atoms with Gasteiger partial charge in [-0.2, -0.15) is 0 Å². The molecule has 0 unspecified atom stereocenters. The lowest BCUT2D eigenvalue weighted by atomic mass is 9.98. The number of aromatic amines is 1. The molecule has 0 radical (unpaired) electrons. The fraction of sp³-hybridized carbons (Fsp3) is 0.333. The van der Waals surface area contributed by atoms with Crippen LogP contribution in [0.25, 0.3) is 0 Å². The summed E-state index contributed by atoms with van der Waals surface area (Å²) < 4.78 is 0. The summed E-state index contributed by atoms with van der Waals surface area (Å²) in [7, 11) is 0. The van der Waals surface area contributed by atoms with Gasteiger partial charge in [0.15, 0.2) is 0 Å². The number of nitrogens with one attached hydrogen (secondary N) is 2. The van der Waals surface area contributed by atoms with E-state index in [9.17, 15) is 9.59 Å². The van der Waals surface area contributed by atoms with E-state index >= 15 is 0 Å². The van der Waals surface area contributed by atoms with Crippen LogP contribution in [0.1, 0.15) is 42.2 Å². The van der Waals surface area contributed by atoms with E-state index in [1.54, 1.807) is 12.4 Å². The van der Waals surface area contributed by atoms with E-state index in [0.717, 1.165) is 12.0 Å². The van der Waals surface area contributed by atoms with Gasteiger partial charge in [-0.1, -0.05) is 19.9 Å². The van der Waals surface area contributed by atoms with Gasteiger partial charge in [0, 0.05) is 18.6 Å². The Hall–Kier alpha value is -2.50. The molecule has 0 aliphatic carbocycles. The molecule has 2 N–H and O–H groups in total. The van der Waals surface area contributed by atoms with E-state index in [-0.39, 0.29) is 11.6 Å². The molecule has 21 heavy (non-hydrogen) atoms. The molecule has 2 aromatic rings. The number of hydrogen-bond acceptors (Lipinski definition) is 4. The summed E-state index contributed by atoms with van der Waals surface area (Å²) in [6, 6.07) is 3.55. The van der Waals surface area contributed by atoms with E-state index in [2.05, 4.69) is 34.1 Å². The summed E-state index contributed by atoms with van der Waals surface area (Å²) in [6.07, 6.45) is 6.69. The molecule has 2 rings (SSSR count). The molecule has 0 bridgehead atoms. The number of rotatable bonds is 5. The molecule has 1 amide bonds. The van der Waals surface area contributed by atoms with Crippen LogP contribution in [0, 0.1) is 5.92 Å². The maximum atomic E-state index is 12.2. The first-order chi connectivity index (χ1) is 10.1. The highest BCUT2D eigenvalue weighted by molar-refractivity contribution is 5.93. The second-order valence-electron chi connectivity index (χ2n) is 5.24. The zero-order valence-electron chi connectivity index (χ0n) is 12.0. The van der Waals surface area contributed by atoms with Crippen molar-refractivity contribution in [1.82, 2.24) is 20.3 Å². The predicted octanol–water partition coefficient (Wildman–Crippen LogP) is 1.68. The van der Waals surface area contributed by atoms with Crippen LogP contribution in [-0.4, -0.2) is 20.9 Å². The Bertz CT molecular complexity index is 652. The Labute approximate surface area is 122 Å². The molecule has 1 atom stereocenters. The van der Waals surface area contributed by atoms with Crippen LogP contribution in [0.3, 0.4) is 0 Å². The third kappa shape index (κ3) is 3.98. The lowest BCUT2D eigenvalue weighted by molar-refractivity contribution is 0.0930. The average molecular weight is 286 g/mol. The Morgan fingerprint density at radius 3 is 2.76 bits per heavy atom. The van der Waals surface area contributed by atoms with Crippen LogP contribution in [-0.2, 0) is 0 Å². The van der Waals surface area contributed by atoms with Gasteiger partial charge in [0.05, 0.1) is 12.4 Å². The molecule has 0 saturated carbocycles. The zero-order valence-corrected chi connectivity index (χ0v) is 12.0. The fourth-order valence-corrected chi connectivity index (χ4v) is 2.07. The second kappa shape index (κ2) is 6.78. The largest absolute Gasteiger partial charge is 0.345 e. The molecule has 0 aliphatic rings. The van der Waals surface area contributed by atoms with Crippen LogP contribution in [0.5, 0.6) is 0 Å². The summed E-state index contributed by atoms with van der Waals surface area (Å²) in [5, 5.41) is 2.88. The van der Waals surface area contributed by atoms with E-state index in [1.165, 1.54) is 12.5 Å². The predicted molar refractivity (Wildman–Crippen MR) is 78.8 cm³/mol. The molecule has 2 heterocycles. The zero-order chi connectivity index (χ0) is 15.2. The van der Waals surface area contributed by atoms with Gasteiger partial charge in [-0.15, -0.1) is 0 Å². The fourth-order valence-electron chi connectivity index (χ4n) is 2.07. The Balaban J connectivity index is 2.21. The Morgan fingerprint density at radius 1 is 1.33 bits per heavy atom. The summed E-state index contributed by atoms with van der Waals surface area (Å²) in [4.78, 5) is 34.1. The maximum absolute atomic E-state index is 12.2. The first-order valence-electron chi connectivity index (χ1n) is 6.81. The first kappa shape index (κ1) is 14.9. The van der Waals surface area contributed by atoms with Gasteiger partial charge in [0.1, 0.15) is 5.56 Å². The lowest BCUT2D eigenvalue weighted by Crippen LogP contribution is -2.33. The van der Waals surface area contributed by atoms with Crippen molar-refractivity contribution in [2.24, 2.45) is 5.92 Å². The molecule has 6 heteroatoms. The number of aromatic nitrogens is 3. The molecule has 6 nitrogen and oxygen atoms in total. The Kier molecular flexibility index (Phi) is 4.81. The monoisotopic (exact) mass is 286 g/mol. The topological polar surface area (TPSA) is 87.7 Å². The minimum absolute atomic E-state index is 0.00939. The van der Waals surface area contributed by atoms with Crippen LogP contribution in [0.4, 0.5) is 0 Å². The Morgan fingerprint density at radius 2 is 2.14 bits per heavy atom. The van der Waals surface area contributed by atoms with Gasteiger partial charge in [-0.3, -0.25) is 14.6 Å². The van der Waals surface area contributed by atoms with Crippen molar-refractivity contribution < 1.29 is 4.79 Å². The van der Waals surface area contributed by atoms with Crippen LogP contribution >= 0.6 is 0 Å². The van der Waals surface area contributed by atoms with E-state index in [4.69, 9.17) is 0 Å². The molecule has 0 spiro atoms. The van der Waals surface area contributed by atoms with Crippen molar-refractivity contribution >= 4 is 5.91 Å². The first-order valence-corrected chi connectivity index (χ1v) is 6.81. The maximum Gasteiger partial charge on any atom is 0.263 e. The quantitative estimate of drug-likeness (QED) is 0.875. The second-order valence-corrected chi connectivity index (χ2v) is 5.24. The van der Waals surface area contributed by atoms with Crippen LogP contribution in [0.15, 0.2) is 41.8 Å². The normalized spacial score (nSPS) is 12.1. The highest BCUT2D eigenvalue weighted by atomic mass is 16.2. The van der Waals surface area contributed by atoms with Crippen molar-refractivity contribution in [2.75, 3.05) is 0 Å². The lowest BCUT2D eigenvalue weighted by Gasteiger charge is -2.20. The van der Waals surface area contributed by atoms with Crippen LogP contribution < -0.4 is 10.9 Å². The number of H-pyrrole nitrogens is 1. The van der Waals surface area contributed by atoms with Crippen molar-refractivity contribution in [3.63, 3.8) is 0 Å². The number of hydrogen-bond donors (Lipinski definition) is 2. The molecular weight excluding hydrogens is 268 g/mol. The average Bonchev–Trinajstić information content (AvgIpc) is 2.47. The summed E-state index contributed by atoms with van der Waals surface area (Å²) in [5.41, 5.74) is 0.479. The summed E-state index contributed by atoms with van der Waals surface area (Å²) >= 11 is 0. The van der Waals surface area contributed by atoms with Crippen molar-refractivity contribution in [2.45, 2.75) is 26.3 Å². The smallest absolute Gasteiger partial charge is 0.263 e. The van der Waals surface area contributed by atoms with Gasteiger partial charge in [-0.25, -0.2) is 4.98 Å². The molecular formula is C15H18N4O2. The molecule has 0 aliphatic heterocycles. The molecule has 0 fully saturated rings. The van der Waals surface area contributed by atoms with E-state index in [1.807, 2.05) is 12.1 Å². The van der Waals surface area contributed by atoms with Gasteiger partial charge in [0.2, 0.25) is 0 Å². The van der Waals surface area contributed by atoms with Gasteiger partial charge >= 0.3 is 0 Å². The molecule has 0 aromatic carbocycles. The number of amides is 1. The van der Waals surface area contributed by atoms with Crippen molar-refractivity contribution in [1.29, 1.82) is 0 Å². The van der Waals surface area contributed by atoms with E-state index in [0.29, 0.717) is 5.92 Å². The van der Waals surface area contributed by atoms with Gasteiger partial charge < -0.3 is 10.3 Å². The standard InChI is InChI=1S/C15H18N4O2/c1-10(2)6-13(11-4-3-5-16-7-11)19-15(21)12-8-17-9-18-14(12)20/h3-5,7-10,13H,6H2,1-2H3,(H,19,21)(H,17,18,20)/t13-/m0/s1. The number of pyridine rings is 1. The minimum atomic E-state index is -0.447. The van der Waals surface area contributed by atoms with Gasteiger partial charge in [0.25, 0.3) is 11.5 Å². The van der Waals surface area contributed by atoms with Gasteiger partial charge in [-0.05, 0) is 24.0 Å². The summed E-state index contributed by atoms with van der Waals surface area (Å²) in [5.74, 6) is -0.0402. The highest BCUT2D eigenvalue weighted by Gasteiger charge is 2.19. The molecule has 110 valence electrons. The highest BCUT2D eigenvalue weighted by Crippen LogP contribution is 2.20. The van der Waals surface area contributed by atoms with Crippen LogP contribution in [0.2, 0.25) is 0 Å². The van der Waals surface area contributed by atoms with Crippen molar-refractivity contribution in [3.05, 3.63) is 58.5 Å². The van der Waals surface area contributed by atoms with Crippen molar-refractivity contribution in [3.8, 4) is 0 Å². The minimum Gasteiger partial charge on any atom is -0.345 e. The third-order valence-corrected chi connectivity index (χ3v) is 3.06. The number of nitrogens with zero attached hydrogens (tertiary/aromatic N) is 2. The molecule has 0 saturated heterocycles. The third-order valence-electron chi connectivity index (χ3n) is 3.06. The number of carbonyl (C=O) groups excluding carboxylic acids is 1. The summed E-state index contributed by atoms with van der Waals surface area (Å²) in [6.45, 7) is 4.15. The molecule has 2 aromatic heterocycles.